The highest BCUT2D eigenvalue weighted by molar-refractivity contribution is 5.73. The van der Waals surface area contributed by atoms with Crippen molar-refractivity contribution in [1.29, 1.82) is 0 Å². The van der Waals surface area contributed by atoms with Gasteiger partial charge in [0.25, 0.3) is 0 Å². The third-order valence-corrected chi connectivity index (χ3v) is 3.49. The predicted octanol–water partition coefficient (Wildman–Crippen LogP) is -0.326. The number of hydrogen-bond acceptors (Lipinski definition) is 3. The number of hydrogen-bond donors (Lipinski definition) is 1. The van der Waals surface area contributed by atoms with E-state index in [0.29, 0.717) is 12.1 Å². The zero-order valence-electron chi connectivity index (χ0n) is 8.65. The molecule has 4 nitrogen and oxygen atoms in total. The number of fused-ring (bicyclic) bond motifs is 1. The van der Waals surface area contributed by atoms with E-state index in [2.05, 4.69) is 4.90 Å². The normalized spacial score (nSPS) is 33.1. The molecule has 0 aromatic rings. The van der Waals surface area contributed by atoms with Crippen molar-refractivity contribution in [1.82, 2.24) is 9.80 Å². The van der Waals surface area contributed by atoms with E-state index < -0.39 is 0 Å². The van der Waals surface area contributed by atoms with Gasteiger partial charge in [-0.05, 0) is 12.8 Å². The van der Waals surface area contributed by atoms with Crippen molar-refractivity contribution in [3.8, 4) is 0 Å². The van der Waals surface area contributed by atoms with E-state index in [-0.39, 0.29) is 12.5 Å². The summed E-state index contributed by atoms with van der Waals surface area (Å²) in [6, 6.07) is 0.832. The molecule has 2 fully saturated rings. The number of carbonyl (C=O) groups is 1. The SMILES string of the molecule is CC(=O)N1CCN2[C@H](CC[C@@H]2CO)C1. The number of carbonyl (C=O) groups excluding carboxylic acids is 1. The number of rotatable bonds is 1. The summed E-state index contributed by atoms with van der Waals surface area (Å²) in [6.45, 7) is 4.49. The molecule has 80 valence electrons. The first kappa shape index (κ1) is 9.93. The topological polar surface area (TPSA) is 43.8 Å². The van der Waals surface area contributed by atoms with Crippen LogP contribution < -0.4 is 0 Å². The van der Waals surface area contributed by atoms with Crippen LogP contribution in [0, 0.1) is 0 Å². The van der Waals surface area contributed by atoms with Gasteiger partial charge >= 0.3 is 0 Å². The molecule has 0 spiro atoms. The lowest BCUT2D eigenvalue weighted by molar-refractivity contribution is -0.131. The van der Waals surface area contributed by atoms with Crippen LogP contribution in [0.5, 0.6) is 0 Å². The van der Waals surface area contributed by atoms with E-state index in [1.54, 1.807) is 6.92 Å². The molecule has 0 aliphatic carbocycles. The second-order valence-corrected chi connectivity index (χ2v) is 4.27. The largest absolute Gasteiger partial charge is 0.395 e. The van der Waals surface area contributed by atoms with Crippen LogP contribution in [-0.4, -0.2) is 59.1 Å². The second kappa shape index (κ2) is 3.87. The molecule has 0 aromatic carbocycles. The first-order chi connectivity index (χ1) is 6.72. The Hall–Kier alpha value is -0.610. The number of aliphatic hydroxyl groups excluding tert-OH is 1. The van der Waals surface area contributed by atoms with E-state index in [1.807, 2.05) is 4.90 Å². The summed E-state index contributed by atoms with van der Waals surface area (Å²) in [5, 5.41) is 9.16. The lowest BCUT2D eigenvalue weighted by Gasteiger charge is -2.39. The number of aliphatic hydroxyl groups is 1. The van der Waals surface area contributed by atoms with Crippen molar-refractivity contribution in [3.63, 3.8) is 0 Å². The second-order valence-electron chi connectivity index (χ2n) is 4.27. The number of amides is 1. The summed E-state index contributed by atoms with van der Waals surface area (Å²) in [5.41, 5.74) is 0. The fraction of sp³-hybridized carbons (Fsp3) is 0.900. The molecule has 2 atom stereocenters. The molecule has 2 heterocycles. The lowest BCUT2D eigenvalue weighted by Crippen LogP contribution is -2.54. The maximum Gasteiger partial charge on any atom is 0.219 e. The van der Waals surface area contributed by atoms with Gasteiger partial charge in [0.15, 0.2) is 0 Å². The van der Waals surface area contributed by atoms with Crippen LogP contribution in [0.1, 0.15) is 19.8 Å². The smallest absolute Gasteiger partial charge is 0.219 e. The van der Waals surface area contributed by atoms with Gasteiger partial charge in [-0.2, -0.15) is 0 Å². The van der Waals surface area contributed by atoms with Crippen molar-refractivity contribution in [2.75, 3.05) is 26.2 Å². The Kier molecular flexibility index (Phi) is 2.74. The minimum absolute atomic E-state index is 0.178. The Morgan fingerprint density at radius 3 is 2.86 bits per heavy atom. The van der Waals surface area contributed by atoms with Crippen LogP contribution in [0.15, 0.2) is 0 Å². The van der Waals surface area contributed by atoms with Gasteiger partial charge in [-0.1, -0.05) is 0 Å². The van der Waals surface area contributed by atoms with Crippen LogP contribution in [0.2, 0.25) is 0 Å². The highest BCUT2D eigenvalue weighted by Crippen LogP contribution is 2.26. The molecule has 14 heavy (non-hydrogen) atoms. The lowest BCUT2D eigenvalue weighted by atomic mass is 10.1. The van der Waals surface area contributed by atoms with E-state index >= 15 is 0 Å². The predicted molar refractivity (Wildman–Crippen MR) is 52.9 cm³/mol. The minimum Gasteiger partial charge on any atom is -0.395 e. The Balaban J connectivity index is 1.97. The Morgan fingerprint density at radius 1 is 1.43 bits per heavy atom. The van der Waals surface area contributed by atoms with Crippen molar-refractivity contribution in [2.45, 2.75) is 31.8 Å². The fourth-order valence-corrected chi connectivity index (χ4v) is 2.64. The van der Waals surface area contributed by atoms with Crippen LogP contribution in [0.3, 0.4) is 0 Å². The number of nitrogens with zero attached hydrogens (tertiary/aromatic N) is 2. The van der Waals surface area contributed by atoms with Crippen molar-refractivity contribution in [2.24, 2.45) is 0 Å². The molecule has 1 amide bonds. The maximum atomic E-state index is 11.2. The molecule has 2 aliphatic heterocycles. The molecule has 4 heteroatoms. The monoisotopic (exact) mass is 198 g/mol. The molecule has 0 radical (unpaired) electrons. The van der Waals surface area contributed by atoms with Gasteiger partial charge in [-0.15, -0.1) is 0 Å². The summed E-state index contributed by atoms with van der Waals surface area (Å²) in [4.78, 5) is 15.5. The van der Waals surface area contributed by atoms with Crippen molar-refractivity contribution < 1.29 is 9.90 Å². The molecule has 2 aliphatic rings. The molecule has 1 N–H and O–H groups in total. The van der Waals surface area contributed by atoms with Gasteiger partial charge in [-0.3, -0.25) is 9.69 Å². The number of piperazine rings is 1. The zero-order chi connectivity index (χ0) is 10.1. The van der Waals surface area contributed by atoms with Gasteiger partial charge in [0.2, 0.25) is 5.91 Å². The standard InChI is InChI=1S/C10H18N2O2/c1-8(14)11-4-5-12-9(6-11)2-3-10(12)7-13/h9-10,13H,2-7H2,1H3/t9-,10-/m1/s1. The van der Waals surface area contributed by atoms with Gasteiger partial charge in [-0.25, -0.2) is 0 Å². The third kappa shape index (κ3) is 1.64. The van der Waals surface area contributed by atoms with E-state index in [0.717, 1.165) is 32.5 Å². The first-order valence-corrected chi connectivity index (χ1v) is 5.34. The summed E-state index contributed by atoms with van der Waals surface area (Å²) in [7, 11) is 0. The molecule has 2 rings (SSSR count). The van der Waals surface area contributed by atoms with Crippen molar-refractivity contribution in [3.05, 3.63) is 0 Å². The van der Waals surface area contributed by atoms with E-state index in [4.69, 9.17) is 5.11 Å². The Morgan fingerprint density at radius 2 is 2.21 bits per heavy atom. The Labute approximate surface area is 84.5 Å². The summed E-state index contributed by atoms with van der Waals surface area (Å²) < 4.78 is 0. The van der Waals surface area contributed by atoms with Gasteiger partial charge < -0.3 is 10.0 Å². The van der Waals surface area contributed by atoms with E-state index in [9.17, 15) is 4.79 Å². The van der Waals surface area contributed by atoms with Crippen molar-refractivity contribution >= 4 is 5.91 Å². The van der Waals surface area contributed by atoms with Crippen LogP contribution in [0.4, 0.5) is 0 Å². The third-order valence-electron chi connectivity index (χ3n) is 3.49. The fourth-order valence-electron chi connectivity index (χ4n) is 2.64. The average Bonchev–Trinajstić information content (AvgIpc) is 2.59. The summed E-state index contributed by atoms with van der Waals surface area (Å²) >= 11 is 0. The molecule has 2 saturated heterocycles. The summed E-state index contributed by atoms with van der Waals surface area (Å²) in [5.74, 6) is 0.178. The quantitative estimate of drug-likeness (QED) is 0.627. The summed E-state index contributed by atoms with van der Waals surface area (Å²) in [6.07, 6.45) is 2.20. The maximum absolute atomic E-state index is 11.2. The highest BCUT2D eigenvalue weighted by atomic mass is 16.3. The van der Waals surface area contributed by atoms with Gasteiger partial charge in [0, 0.05) is 38.6 Å². The average molecular weight is 198 g/mol. The molecular formula is C10H18N2O2. The zero-order valence-corrected chi connectivity index (χ0v) is 8.65. The highest BCUT2D eigenvalue weighted by Gasteiger charge is 2.37. The van der Waals surface area contributed by atoms with Gasteiger partial charge in [0.05, 0.1) is 6.61 Å². The molecular weight excluding hydrogens is 180 g/mol. The van der Waals surface area contributed by atoms with E-state index in [1.165, 1.54) is 0 Å². The Bertz CT molecular complexity index is 232. The molecule has 0 bridgehead atoms. The molecule has 0 saturated carbocycles. The minimum atomic E-state index is 0.178. The van der Waals surface area contributed by atoms with Gasteiger partial charge in [0.1, 0.15) is 0 Å². The first-order valence-electron chi connectivity index (χ1n) is 5.34. The van der Waals surface area contributed by atoms with Crippen LogP contribution in [-0.2, 0) is 4.79 Å². The molecule has 0 unspecified atom stereocenters. The van der Waals surface area contributed by atoms with Crippen LogP contribution in [0.25, 0.3) is 0 Å². The molecule has 0 aromatic heterocycles. The van der Waals surface area contributed by atoms with Crippen LogP contribution >= 0.6 is 0 Å².